The molecule has 0 saturated carbocycles. The minimum atomic E-state index is 0.734. The molecule has 0 bridgehead atoms. The lowest BCUT2D eigenvalue weighted by Crippen LogP contribution is -1.97. The van der Waals surface area contributed by atoms with E-state index in [0.29, 0.717) is 0 Å². The zero-order chi connectivity index (χ0) is 30.1. The number of fused-ring (bicyclic) bond motifs is 9. The number of aryl methyl sites for hydroxylation is 2. The first kappa shape index (κ1) is 25.7. The fourth-order valence-electron chi connectivity index (χ4n) is 7.18. The third kappa shape index (κ3) is 3.91. The molecule has 7 aromatic carbocycles. The van der Waals surface area contributed by atoms with Crippen molar-refractivity contribution in [3.05, 3.63) is 151 Å². The lowest BCUT2D eigenvalue weighted by molar-refractivity contribution is 1.11. The third-order valence-electron chi connectivity index (χ3n) is 9.31. The first-order chi connectivity index (χ1) is 22.2. The fourth-order valence-corrected chi connectivity index (χ4v) is 7.18. The van der Waals surface area contributed by atoms with Crippen molar-refractivity contribution < 1.29 is 0 Å². The van der Waals surface area contributed by atoms with Crippen molar-refractivity contribution in [3.63, 3.8) is 0 Å². The summed E-state index contributed by atoms with van der Waals surface area (Å²) in [5.74, 6) is 0.734. The second kappa shape index (κ2) is 9.87. The van der Waals surface area contributed by atoms with Crippen LogP contribution in [-0.2, 0) is 0 Å². The van der Waals surface area contributed by atoms with Gasteiger partial charge < -0.3 is 4.57 Å². The van der Waals surface area contributed by atoms with Gasteiger partial charge in [-0.1, -0.05) is 103 Å². The number of benzene rings is 7. The number of hydrogen-bond donors (Lipinski definition) is 0. The zero-order valence-electron chi connectivity index (χ0n) is 25.1. The second-order valence-corrected chi connectivity index (χ2v) is 11.9. The number of para-hydroxylation sites is 2. The van der Waals surface area contributed by atoms with Crippen LogP contribution >= 0.6 is 0 Å². The molecule has 212 valence electrons. The minimum absolute atomic E-state index is 0.734. The Morgan fingerprint density at radius 1 is 0.467 bits per heavy atom. The van der Waals surface area contributed by atoms with Gasteiger partial charge >= 0.3 is 0 Å². The summed E-state index contributed by atoms with van der Waals surface area (Å²) in [6, 6.07) is 47.9. The van der Waals surface area contributed by atoms with Gasteiger partial charge in [-0.25, -0.2) is 9.97 Å². The van der Waals surface area contributed by atoms with Gasteiger partial charge in [-0.05, 0) is 87.6 Å². The Kier molecular flexibility index (Phi) is 5.63. The van der Waals surface area contributed by atoms with Gasteiger partial charge in [0.25, 0.3) is 0 Å². The van der Waals surface area contributed by atoms with E-state index in [1.54, 1.807) is 0 Å². The van der Waals surface area contributed by atoms with Gasteiger partial charge in [0, 0.05) is 39.5 Å². The average Bonchev–Trinajstić information content (AvgIpc) is 3.42. The molecule has 2 aromatic heterocycles. The van der Waals surface area contributed by atoms with Crippen molar-refractivity contribution in [3.8, 4) is 28.2 Å². The maximum atomic E-state index is 5.10. The highest BCUT2D eigenvalue weighted by Crippen LogP contribution is 2.39. The Labute approximate surface area is 261 Å². The van der Waals surface area contributed by atoms with Crippen molar-refractivity contribution in [2.24, 2.45) is 0 Å². The molecule has 3 heteroatoms. The quantitative estimate of drug-likeness (QED) is 0.196. The van der Waals surface area contributed by atoms with Crippen molar-refractivity contribution in [1.29, 1.82) is 0 Å². The molecule has 9 rings (SSSR count). The molecule has 0 atom stereocenters. The molecule has 0 unspecified atom stereocenters. The normalized spacial score (nSPS) is 11.8. The van der Waals surface area contributed by atoms with Crippen LogP contribution in [0.3, 0.4) is 0 Å². The SMILES string of the molecule is Cc1cc2c3ccccc3c3ccccc3c2cc1-c1cnc(-c2ccc3c4ccccc4n(-c4ccccc4)c3c2)nc1C. The van der Waals surface area contributed by atoms with E-state index < -0.39 is 0 Å². The molecule has 0 amide bonds. The van der Waals surface area contributed by atoms with E-state index in [1.807, 2.05) is 6.20 Å². The highest BCUT2D eigenvalue weighted by molar-refractivity contribution is 6.26. The first-order valence-corrected chi connectivity index (χ1v) is 15.4. The minimum Gasteiger partial charge on any atom is -0.309 e. The summed E-state index contributed by atoms with van der Waals surface area (Å²) in [6.45, 7) is 4.30. The summed E-state index contributed by atoms with van der Waals surface area (Å²) in [5.41, 5.74) is 8.91. The lowest BCUT2D eigenvalue weighted by atomic mass is 9.90. The van der Waals surface area contributed by atoms with E-state index in [4.69, 9.17) is 9.97 Å². The molecule has 0 saturated heterocycles. The van der Waals surface area contributed by atoms with Crippen LogP contribution in [0.4, 0.5) is 0 Å². The molecule has 9 aromatic rings. The molecule has 0 radical (unpaired) electrons. The summed E-state index contributed by atoms with van der Waals surface area (Å²) < 4.78 is 2.34. The van der Waals surface area contributed by atoms with Gasteiger partial charge in [0.15, 0.2) is 5.82 Å². The van der Waals surface area contributed by atoms with Gasteiger partial charge in [-0.3, -0.25) is 0 Å². The molecular weight excluding hydrogens is 546 g/mol. The van der Waals surface area contributed by atoms with E-state index in [1.165, 1.54) is 59.7 Å². The molecule has 0 aliphatic carbocycles. The largest absolute Gasteiger partial charge is 0.309 e. The standard InChI is InChI=1S/C42H29N3/c1-26-22-37-32-16-8-6-14-30(32)31-15-7-9-17-33(31)38(37)24-36(26)39-25-43-42(44-27(39)2)28-20-21-35-34-18-10-11-19-40(34)45(41(35)23-28)29-12-4-3-5-13-29/h3-25H,1-2H3. The van der Waals surface area contributed by atoms with Crippen LogP contribution < -0.4 is 0 Å². The number of aromatic nitrogens is 3. The third-order valence-corrected chi connectivity index (χ3v) is 9.31. The summed E-state index contributed by atoms with van der Waals surface area (Å²) in [5, 5.41) is 10.1. The number of nitrogens with zero attached hydrogens (tertiary/aromatic N) is 3. The topological polar surface area (TPSA) is 30.7 Å². The molecule has 0 aliphatic heterocycles. The Hall–Kier alpha value is -5.80. The molecule has 0 fully saturated rings. The van der Waals surface area contributed by atoms with Crippen molar-refractivity contribution >= 4 is 54.1 Å². The van der Waals surface area contributed by atoms with Crippen molar-refractivity contribution in [1.82, 2.24) is 14.5 Å². The number of hydrogen-bond acceptors (Lipinski definition) is 2. The van der Waals surface area contributed by atoms with E-state index in [0.717, 1.165) is 33.8 Å². The Balaban J connectivity index is 1.21. The summed E-state index contributed by atoms with van der Waals surface area (Å²) in [7, 11) is 0. The zero-order valence-corrected chi connectivity index (χ0v) is 25.1. The molecule has 0 N–H and O–H groups in total. The van der Waals surface area contributed by atoms with Gasteiger partial charge in [-0.15, -0.1) is 0 Å². The average molecular weight is 576 g/mol. The maximum Gasteiger partial charge on any atom is 0.159 e. The molecule has 45 heavy (non-hydrogen) atoms. The predicted molar refractivity (Wildman–Crippen MR) is 189 cm³/mol. The van der Waals surface area contributed by atoms with E-state index in [2.05, 4.69) is 152 Å². The van der Waals surface area contributed by atoms with Crippen LogP contribution in [0.25, 0.3) is 82.3 Å². The molecule has 0 spiro atoms. The van der Waals surface area contributed by atoms with Crippen LogP contribution in [0.15, 0.2) is 140 Å². The smallest absolute Gasteiger partial charge is 0.159 e. The van der Waals surface area contributed by atoms with Gasteiger partial charge in [0.2, 0.25) is 0 Å². The first-order valence-electron chi connectivity index (χ1n) is 15.4. The summed E-state index contributed by atoms with van der Waals surface area (Å²) in [4.78, 5) is 10.1. The Morgan fingerprint density at radius 3 is 1.73 bits per heavy atom. The lowest BCUT2D eigenvalue weighted by Gasteiger charge is -2.15. The summed E-state index contributed by atoms with van der Waals surface area (Å²) >= 11 is 0. The van der Waals surface area contributed by atoms with E-state index >= 15 is 0 Å². The predicted octanol–water partition coefficient (Wildman–Crippen LogP) is 11.0. The van der Waals surface area contributed by atoms with Gasteiger partial charge in [0.05, 0.1) is 11.0 Å². The van der Waals surface area contributed by atoms with E-state index in [-0.39, 0.29) is 0 Å². The van der Waals surface area contributed by atoms with Crippen LogP contribution in [-0.4, -0.2) is 14.5 Å². The molecule has 2 heterocycles. The molecular formula is C42H29N3. The highest BCUT2D eigenvalue weighted by atomic mass is 15.0. The van der Waals surface area contributed by atoms with E-state index in [9.17, 15) is 0 Å². The van der Waals surface area contributed by atoms with Crippen molar-refractivity contribution in [2.45, 2.75) is 13.8 Å². The maximum absolute atomic E-state index is 5.10. The monoisotopic (exact) mass is 575 g/mol. The van der Waals surface area contributed by atoms with Gasteiger partial charge in [0.1, 0.15) is 0 Å². The molecule has 0 aliphatic rings. The van der Waals surface area contributed by atoms with Crippen LogP contribution in [0.5, 0.6) is 0 Å². The highest BCUT2D eigenvalue weighted by Gasteiger charge is 2.17. The Morgan fingerprint density at radius 2 is 1.04 bits per heavy atom. The van der Waals surface area contributed by atoms with Crippen LogP contribution in [0.2, 0.25) is 0 Å². The van der Waals surface area contributed by atoms with Crippen LogP contribution in [0.1, 0.15) is 11.3 Å². The summed E-state index contributed by atoms with van der Waals surface area (Å²) in [6.07, 6.45) is 2.01. The van der Waals surface area contributed by atoms with Gasteiger partial charge in [-0.2, -0.15) is 0 Å². The Bertz CT molecular complexity index is 2610. The number of rotatable bonds is 3. The van der Waals surface area contributed by atoms with Crippen molar-refractivity contribution in [2.75, 3.05) is 0 Å². The van der Waals surface area contributed by atoms with Crippen LogP contribution in [0, 0.1) is 13.8 Å². The molecule has 3 nitrogen and oxygen atoms in total. The second-order valence-electron chi connectivity index (χ2n) is 11.9. The fraction of sp³-hybridized carbons (Fsp3) is 0.0476.